The SMILES string of the molecule is COc1c(C(=O)CBr)ccc(C=O)c1C#N. The van der Waals surface area contributed by atoms with Crippen LogP contribution in [-0.4, -0.2) is 24.5 Å². The lowest BCUT2D eigenvalue weighted by Gasteiger charge is -2.09. The number of alkyl halides is 1. The van der Waals surface area contributed by atoms with E-state index in [1.54, 1.807) is 0 Å². The fourth-order valence-electron chi connectivity index (χ4n) is 1.32. The van der Waals surface area contributed by atoms with Crippen molar-refractivity contribution in [1.29, 1.82) is 5.26 Å². The molecule has 0 amide bonds. The van der Waals surface area contributed by atoms with E-state index in [0.717, 1.165) is 0 Å². The average molecular weight is 282 g/mol. The average Bonchev–Trinajstić information content (AvgIpc) is 2.35. The molecule has 0 atom stereocenters. The third-order valence-electron chi connectivity index (χ3n) is 2.05. The molecular formula is C11H8BrNO3. The van der Waals surface area contributed by atoms with Crippen LogP contribution in [0.2, 0.25) is 0 Å². The van der Waals surface area contributed by atoms with Crippen LogP contribution in [0.25, 0.3) is 0 Å². The van der Waals surface area contributed by atoms with E-state index in [-0.39, 0.29) is 28.0 Å². The molecule has 0 aliphatic rings. The van der Waals surface area contributed by atoms with Crippen molar-refractivity contribution >= 4 is 28.0 Å². The molecule has 0 unspecified atom stereocenters. The predicted octanol–water partition coefficient (Wildman–Crippen LogP) is 1.96. The van der Waals surface area contributed by atoms with Crippen molar-refractivity contribution in [2.24, 2.45) is 0 Å². The summed E-state index contributed by atoms with van der Waals surface area (Å²) < 4.78 is 5.01. The number of halogens is 1. The van der Waals surface area contributed by atoms with Crippen LogP contribution in [-0.2, 0) is 0 Å². The first-order valence-electron chi connectivity index (χ1n) is 4.35. The van der Waals surface area contributed by atoms with Gasteiger partial charge >= 0.3 is 0 Å². The summed E-state index contributed by atoms with van der Waals surface area (Å²) in [6.45, 7) is 0. The van der Waals surface area contributed by atoms with Crippen LogP contribution in [0.5, 0.6) is 5.75 Å². The lowest BCUT2D eigenvalue weighted by atomic mass is 10.0. The molecule has 5 heteroatoms. The first kappa shape index (κ1) is 12.4. The minimum absolute atomic E-state index is 0.0873. The molecule has 0 aliphatic heterocycles. The number of ketones is 1. The zero-order valence-electron chi connectivity index (χ0n) is 8.49. The summed E-state index contributed by atoms with van der Waals surface area (Å²) in [7, 11) is 1.36. The van der Waals surface area contributed by atoms with Crippen LogP contribution < -0.4 is 4.74 Å². The summed E-state index contributed by atoms with van der Waals surface area (Å²) in [5.74, 6) is -0.0534. The second kappa shape index (κ2) is 5.42. The quantitative estimate of drug-likeness (QED) is 0.481. The highest BCUT2D eigenvalue weighted by molar-refractivity contribution is 9.09. The number of Topliss-reactive ketones (excluding diaryl/α,β-unsaturated/α-hetero) is 1. The van der Waals surface area contributed by atoms with E-state index in [1.165, 1.54) is 19.2 Å². The van der Waals surface area contributed by atoms with Crippen molar-refractivity contribution in [2.45, 2.75) is 0 Å². The van der Waals surface area contributed by atoms with Gasteiger partial charge in [-0.05, 0) is 12.1 Å². The highest BCUT2D eigenvalue weighted by atomic mass is 79.9. The lowest BCUT2D eigenvalue weighted by molar-refractivity contribution is 0.101. The Morgan fingerprint density at radius 3 is 2.75 bits per heavy atom. The maximum absolute atomic E-state index is 11.5. The highest BCUT2D eigenvalue weighted by Gasteiger charge is 2.17. The molecule has 82 valence electrons. The van der Waals surface area contributed by atoms with Gasteiger partial charge in [0.15, 0.2) is 12.1 Å². The van der Waals surface area contributed by atoms with Gasteiger partial charge in [-0.3, -0.25) is 9.59 Å². The van der Waals surface area contributed by atoms with Crippen LogP contribution in [0.15, 0.2) is 12.1 Å². The predicted molar refractivity (Wildman–Crippen MR) is 61.2 cm³/mol. The molecule has 0 aliphatic carbocycles. The number of nitrogens with zero attached hydrogens (tertiary/aromatic N) is 1. The fourth-order valence-corrected chi connectivity index (χ4v) is 1.62. The highest BCUT2D eigenvalue weighted by Crippen LogP contribution is 2.26. The van der Waals surface area contributed by atoms with Crippen molar-refractivity contribution in [3.63, 3.8) is 0 Å². The number of hydrogen-bond acceptors (Lipinski definition) is 4. The van der Waals surface area contributed by atoms with Gasteiger partial charge < -0.3 is 4.74 Å². The van der Waals surface area contributed by atoms with Gasteiger partial charge in [0.05, 0.1) is 18.0 Å². The molecule has 0 spiro atoms. The van der Waals surface area contributed by atoms with Crippen molar-refractivity contribution < 1.29 is 14.3 Å². The summed E-state index contributed by atoms with van der Waals surface area (Å²) in [4.78, 5) is 22.2. The van der Waals surface area contributed by atoms with Crippen molar-refractivity contribution in [1.82, 2.24) is 0 Å². The Bertz CT molecular complexity index is 477. The Hall–Kier alpha value is -1.67. The summed E-state index contributed by atoms with van der Waals surface area (Å²) >= 11 is 3.04. The van der Waals surface area contributed by atoms with E-state index in [1.807, 2.05) is 6.07 Å². The normalized spacial score (nSPS) is 9.31. The van der Waals surface area contributed by atoms with Gasteiger partial charge in [-0.25, -0.2) is 0 Å². The van der Waals surface area contributed by atoms with Crippen molar-refractivity contribution in [2.75, 3.05) is 12.4 Å². The number of carbonyl (C=O) groups excluding carboxylic acids is 2. The van der Waals surface area contributed by atoms with Crippen LogP contribution in [0.4, 0.5) is 0 Å². The third kappa shape index (κ3) is 2.12. The zero-order valence-corrected chi connectivity index (χ0v) is 10.1. The number of methoxy groups -OCH3 is 1. The van der Waals surface area contributed by atoms with Gasteiger partial charge in [0.25, 0.3) is 0 Å². The lowest BCUT2D eigenvalue weighted by Crippen LogP contribution is -2.06. The largest absolute Gasteiger partial charge is 0.495 e. The summed E-state index contributed by atoms with van der Waals surface area (Å²) in [6, 6.07) is 4.78. The number of aldehydes is 1. The Labute approximate surface area is 101 Å². The molecule has 16 heavy (non-hydrogen) atoms. The topological polar surface area (TPSA) is 67.2 Å². The summed E-state index contributed by atoms with van der Waals surface area (Å²) in [5, 5.41) is 9.06. The maximum atomic E-state index is 11.5. The standard InChI is InChI=1S/C11H8BrNO3/c1-16-11-8(10(15)4-12)3-2-7(6-14)9(11)5-13/h2-3,6H,4H2,1H3. The molecule has 0 saturated carbocycles. The van der Waals surface area contributed by atoms with E-state index in [0.29, 0.717) is 11.8 Å². The van der Waals surface area contributed by atoms with Crippen LogP contribution in [0, 0.1) is 11.3 Å². The van der Waals surface area contributed by atoms with E-state index < -0.39 is 0 Å². The molecule has 1 aromatic carbocycles. The van der Waals surface area contributed by atoms with Gasteiger partial charge in [0, 0.05) is 5.56 Å². The molecule has 0 fully saturated rings. The zero-order chi connectivity index (χ0) is 12.1. The molecule has 0 N–H and O–H groups in total. The number of ether oxygens (including phenoxy) is 1. The Balaban J connectivity index is 3.50. The minimum Gasteiger partial charge on any atom is -0.495 e. The Morgan fingerprint density at radius 1 is 1.62 bits per heavy atom. The van der Waals surface area contributed by atoms with E-state index >= 15 is 0 Å². The molecule has 0 saturated heterocycles. The fraction of sp³-hybridized carbons (Fsp3) is 0.182. The maximum Gasteiger partial charge on any atom is 0.177 e. The third-order valence-corrected chi connectivity index (χ3v) is 2.56. The van der Waals surface area contributed by atoms with Crippen LogP contribution >= 0.6 is 15.9 Å². The Morgan fingerprint density at radius 2 is 2.31 bits per heavy atom. The second-order valence-corrected chi connectivity index (χ2v) is 3.46. The number of carbonyl (C=O) groups is 2. The number of rotatable bonds is 4. The number of nitriles is 1. The number of benzene rings is 1. The first-order chi connectivity index (χ1) is 7.69. The summed E-state index contributed by atoms with van der Waals surface area (Å²) in [5.41, 5.74) is 0.594. The van der Waals surface area contributed by atoms with Gasteiger partial charge in [-0.2, -0.15) is 5.26 Å². The molecule has 0 heterocycles. The van der Waals surface area contributed by atoms with E-state index in [2.05, 4.69) is 15.9 Å². The second-order valence-electron chi connectivity index (χ2n) is 2.90. The molecular weight excluding hydrogens is 274 g/mol. The molecule has 1 aromatic rings. The van der Waals surface area contributed by atoms with Gasteiger partial charge in [0.1, 0.15) is 17.4 Å². The summed E-state index contributed by atoms with van der Waals surface area (Å²) in [6.07, 6.45) is 0.559. The first-order valence-corrected chi connectivity index (χ1v) is 5.47. The van der Waals surface area contributed by atoms with Crippen molar-refractivity contribution in [3.8, 4) is 11.8 Å². The van der Waals surface area contributed by atoms with Crippen LogP contribution in [0.1, 0.15) is 26.3 Å². The molecule has 0 aromatic heterocycles. The van der Waals surface area contributed by atoms with Gasteiger partial charge in [-0.1, -0.05) is 15.9 Å². The van der Waals surface area contributed by atoms with Gasteiger partial charge in [0.2, 0.25) is 0 Å². The number of hydrogen-bond donors (Lipinski definition) is 0. The van der Waals surface area contributed by atoms with Gasteiger partial charge in [-0.15, -0.1) is 0 Å². The van der Waals surface area contributed by atoms with Crippen LogP contribution in [0.3, 0.4) is 0 Å². The molecule has 4 nitrogen and oxygen atoms in total. The molecule has 0 radical (unpaired) electrons. The van der Waals surface area contributed by atoms with E-state index in [9.17, 15) is 9.59 Å². The molecule has 0 bridgehead atoms. The monoisotopic (exact) mass is 281 g/mol. The minimum atomic E-state index is -0.203. The molecule has 1 rings (SSSR count). The Kier molecular flexibility index (Phi) is 4.20. The van der Waals surface area contributed by atoms with E-state index in [4.69, 9.17) is 10.00 Å². The van der Waals surface area contributed by atoms with Crippen molar-refractivity contribution in [3.05, 3.63) is 28.8 Å². The smallest absolute Gasteiger partial charge is 0.177 e.